The predicted octanol–water partition coefficient (Wildman–Crippen LogP) is 0.888. The Bertz CT molecular complexity index is 374. The first-order valence-corrected chi connectivity index (χ1v) is 3.49. The van der Waals surface area contributed by atoms with Crippen molar-refractivity contribution in [2.45, 2.75) is 0 Å². The Balaban J connectivity index is 3.50. The topological polar surface area (TPSA) is 98.0 Å². The smallest absolute Gasteiger partial charge is 0.256 e. The van der Waals surface area contributed by atoms with Gasteiger partial charge in [-0.1, -0.05) is 0 Å². The molecule has 0 aliphatic rings. The average Bonchev–Trinajstić information content (AvgIpc) is 2.07. The van der Waals surface area contributed by atoms with E-state index in [1.54, 1.807) is 0 Å². The number of phenols is 4. The number of carbonyl (C=O) groups is 1. The molecular weight excluding hydrogens is 200 g/mol. The van der Waals surface area contributed by atoms with Gasteiger partial charge in [0, 0.05) is 0 Å². The molecule has 0 spiro atoms. The van der Waals surface area contributed by atoms with Crippen LogP contribution >= 0.6 is 11.6 Å². The van der Waals surface area contributed by atoms with Gasteiger partial charge < -0.3 is 20.4 Å². The first kappa shape index (κ1) is 9.47. The van der Waals surface area contributed by atoms with Crippen molar-refractivity contribution in [3.8, 4) is 23.0 Å². The van der Waals surface area contributed by atoms with Crippen LogP contribution in [0.25, 0.3) is 0 Å². The van der Waals surface area contributed by atoms with E-state index >= 15 is 0 Å². The average molecular weight is 205 g/mol. The van der Waals surface area contributed by atoms with Crippen molar-refractivity contribution in [2.75, 3.05) is 0 Å². The van der Waals surface area contributed by atoms with Crippen LogP contribution in [0.1, 0.15) is 10.4 Å². The molecule has 1 aromatic rings. The van der Waals surface area contributed by atoms with Crippen LogP contribution in [0.5, 0.6) is 23.0 Å². The lowest BCUT2D eigenvalue weighted by Crippen LogP contribution is -1.90. The Morgan fingerprint density at radius 2 is 1.62 bits per heavy atom. The molecule has 0 bridgehead atoms. The molecule has 70 valence electrons. The van der Waals surface area contributed by atoms with E-state index in [2.05, 4.69) is 0 Å². The second-order valence-corrected chi connectivity index (χ2v) is 2.61. The standard InChI is InChI=1S/C7H5ClO5/c8-7(13)2-1-3(9)5(11)6(12)4(2)10/h1,9-12H. The van der Waals surface area contributed by atoms with E-state index in [4.69, 9.17) is 32.0 Å². The molecule has 0 fully saturated rings. The second kappa shape index (κ2) is 3.02. The maximum absolute atomic E-state index is 10.6. The summed E-state index contributed by atoms with van der Waals surface area (Å²) in [6, 6.07) is 0.750. The van der Waals surface area contributed by atoms with Gasteiger partial charge in [0.1, 0.15) is 0 Å². The van der Waals surface area contributed by atoms with E-state index in [0.717, 1.165) is 6.07 Å². The molecule has 6 heteroatoms. The molecule has 0 aliphatic carbocycles. The predicted molar refractivity (Wildman–Crippen MR) is 43.3 cm³/mol. The fraction of sp³-hybridized carbons (Fsp3) is 0. The van der Waals surface area contributed by atoms with Gasteiger partial charge in [-0.15, -0.1) is 0 Å². The molecule has 0 aliphatic heterocycles. The third-order valence-electron chi connectivity index (χ3n) is 1.44. The normalized spacial score (nSPS) is 9.92. The zero-order valence-corrected chi connectivity index (χ0v) is 6.91. The van der Waals surface area contributed by atoms with E-state index in [1.807, 2.05) is 0 Å². The quantitative estimate of drug-likeness (QED) is 0.309. The number of hydrogen-bond acceptors (Lipinski definition) is 5. The van der Waals surface area contributed by atoms with Gasteiger partial charge in [0.2, 0.25) is 11.5 Å². The Kier molecular flexibility index (Phi) is 2.20. The monoisotopic (exact) mass is 204 g/mol. The lowest BCUT2D eigenvalue weighted by Gasteiger charge is -2.05. The van der Waals surface area contributed by atoms with Gasteiger partial charge >= 0.3 is 0 Å². The molecule has 0 aromatic heterocycles. The largest absolute Gasteiger partial charge is 0.504 e. The summed E-state index contributed by atoms with van der Waals surface area (Å²) in [5, 5.41) is 34.7. The van der Waals surface area contributed by atoms with Gasteiger partial charge in [0.15, 0.2) is 11.5 Å². The van der Waals surface area contributed by atoms with Crippen LogP contribution in [0.4, 0.5) is 0 Å². The van der Waals surface area contributed by atoms with Crippen molar-refractivity contribution in [3.05, 3.63) is 11.6 Å². The second-order valence-electron chi connectivity index (χ2n) is 2.26. The van der Waals surface area contributed by atoms with Crippen molar-refractivity contribution in [2.24, 2.45) is 0 Å². The molecule has 0 atom stereocenters. The summed E-state index contributed by atoms with van der Waals surface area (Å²) < 4.78 is 0. The minimum atomic E-state index is -1.05. The highest BCUT2D eigenvalue weighted by atomic mass is 35.5. The number of benzene rings is 1. The Hall–Kier alpha value is -1.62. The lowest BCUT2D eigenvalue weighted by molar-refractivity contribution is 0.107. The van der Waals surface area contributed by atoms with Crippen LogP contribution in [0.3, 0.4) is 0 Å². The Labute approximate surface area is 77.4 Å². The van der Waals surface area contributed by atoms with Crippen molar-refractivity contribution < 1.29 is 25.2 Å². The SMILES string of the molecule is O=C(Cl)c1cc(O)c(O)c(O)c1O. The zero-order chi connectivity index (χ0) is 10.2. The summed E-state index contributed by atoms with van der Waals surface area (Å²) in [6.45, 7) is 0. The van der Waals surface area contributed by atoms with E-state index in [-0.39, 0.29) is 0 Å². The molecule has 0 radical (unpaired) electrons. The molecule has 0 amide bonds. The van der Waals surface area contributed by atoms with Gasteiger partial charge in [-0.25, -0.2) is 0 Å². The Morgan fingerprint density at radius 3 is 2.08 bits per heavy atom. The van der Waals surface area contributed by atoms with Crippen molar-refractivity contribution in [1.82, 2.24) is 0 Å². The fourth-order valence-corrected chi connectivity index (χ4v) is 0.928. The lowest BCUT2D eigenvalue weighted by atomic mass is 10.1. The molecule has 1 aromatic carbocycles. The molecule has 1 rings (SSSR count). The maximum Gasteiger partial charge on any atom is 0.256 e. The van der Waals surface area contributed by atoms with E-state index in [9.17, 15) is 4.79 Å². The molecular formula is C7H5ClO5. The van der Waals surface area contributed by atoms with E-state index < -0.39 is 33.8 Å². The zero-order valence-electron chi connectivity index (χ0n) is 6.15. The summed E-state index contributed by atoms with van der Waals surface area (Å²) >= 11 is 5.00. The van der Waals surface area contributed by atoms with Crippen LogP contribution in [0.2, 0.25) is 0 Å². The van der Waals surface area contributed by atoms with Gasteiger partial charge in [0.05, 0.1) is 5.56 Å². The van der Waals surface area contributed by atoms with Crippen molar-refractivity contribution in [3.63, 3.8) is 0 Å². The molecule has 5 nitrogen and oxygen atoms in total. The molecule has 0 saturated carbocycles. The maximum atomic E-state index is 10.6. The van der Waals surface area contributed by atoms with E-state index in [1.165, 1.54) is 0 Å². The van der Waals surface area contributed by atoms with Gasteiger partial charge in [-0.3, -0.25) is 4.79 Å². The van der Waals surface area contributed by atoms with Crippen molar-refractivity contribution >= 4 is 16.8 Å². The summed E-state index contributed by atoms with van der Waals surface area (Å²) in [5.41, 5.74) is -0.477. The summed E-state index contributed by atoms with van der Waals surface area (Å²) in [5.74, 6) is -3.49. The third-order valence-corrected chi connectivity index (χ3v) is 1.64. The molecule has 13 heavy (non-hydrogen) atoms. The minimum Gasteiger partial charge on any atom is -0.504 e. The van der Waals surface area contributed by atoms with Crippen LogP contribution in [-0.2, 0) is 0 Å². The molecule has 4 N–H and O–H groups in total. The number of halogens is 1. The summed E-state index contributed by atoms with van der Waals surface area (Å²) in [4.78, 5) is 10.6. The number of carbonyl (C=O) groups excluding carboxylic acids is 1. The molecule has 0 heterocycles. The first-order valence-electron chi connectivity index (χ1n) is 3.11. The molecule has 0 unspecified atom stereocenters. The molecule has 0 saturated heterocycles. The van der Waals surface area contributed by atoms with Crippen molar-refractivity contribution in [1.29, 1.82) is 0 Å². The highest BCUT2D eigenvalue weighted by molar-refractivity contribution is 6.68. The van der Waals surface area contributed by atoms with Crippen LogP contribution in [-0.4, -0.2) is 25.7 Å². The number of phenolic OH excluding ortho intramolecular Hbond substituents is 4. The van der Waals surface area contributed by atoms with Gasteiger partial charge in [-0.2, -0.15) is 0 Å². The number of aromatic hydroxyl groups is 4. The van der Waals surface area contributed by atoms with Crippen LogP contribution in [0.15, 0.2) is 6.07 Å². The number of hydrogen-bond donors (Lipinski definition) is 4. The minimum absolute atomic E-state index is 0.477. The fourth-order valence-electron chi connectivity index (χ4n) is 0.784. The third kappa shape index (κ3) is 1.46. The highest BCUT2D eigenvalue weighted by Crippen LogP contribution is 2.44. The summed E-state index contributed by atoms with van der Waals surface area (Å²) in [6.07, 6.45) is 0. The summed E-state index contributed by atoms with van der Waals surface area (Å²) in [7, 11) is 0. The Morgan fingerprint density at radius 1 is 1.08 bits per heavy atom. The van der Waals surface area contributed by atoms with Gasteiger partial charge in [0.25, 0.3) is 5.24 Å². The van der Waals surface area contributed by atoms with Gasteiger partial charge in [-0.05, 0) is 17.7 Å². The van der Waals surface area contributed by atoms with Crippen LogP contribution < -0.4 is 0 Å². The van der Waals surface area contributed by atoms with E-state index in [0.29, 0.717) is 0 Å². The first-order chi connectivity index (χ1) is 5.95. The van der Waals surface area contributed by atoms with Crippen LogP contribution in [0, 0.1) is 0 Å². The number of rotatable bonds is 1. The highest BCUT2D eigenvalue weighted by Gasteiger charge is 2.19.